The van der Waals surface area contributed by atoms with Crippen LogP contribution in [0.5, 0.6) is 0 Å². The highest BCUT2D eigenvalue weighted by Gasteiger charge is 2.28. The molecule has 1 aliphatic carbocycles. The molecule has 2 aromatic carbocycles. The molecule has 0 atom stereocenters. The van der Waals surface area contributed by atoms with E-state index in [4.69, 9.17) is 0 Å². The summed E-state index contributed by atoms with van der Waals surface area (Å²) in [4.78, 5) is -0.0168. The van der Waals surface area contributed by atoms with Gasteiger partial charge in [-0.05, 0) is 54.8 Å². The van der Waals surface area contributed by atoms with Gasteiger partial charge in [-0.1, -0.05) is 12.1 Å². The molecule has 1 saturated carbocycles. The zero-order chi connectivity index (χ0) is 18.1. The first-order valence-corrected chi connectivity index (χ1v) is 10.6. The lowest BCUT2D eigenvalue weighted by atomic mass is 10.2. The molecule has 134 valence electrons. The predicted octanol–water partition coefficient (Wildman–Crippen LogP) is 1.74. The van der Waals surface area contributed by atoms with Crippen LogP contribution in [-0.4, -0.2) is 22.9 Å². The summed E-state index contributed by atoms with van der Waals surface area (Å²) in [7, 11) is -7.42. The van der Waals surface area contributed by atoms with Crippen LogP contribution in [0.3, 0.4) is 0 Å². The van der Waals surface area contributed by atoms with Crippen molar-refractivity contribution >= 4 is 20.0 Å². The Morgan fingerprint density at radius 1 is 0.840 bits per heavy atom. The Bertz CT molecular complexity index is 952. The summed E-state index contributed by atoms with van der Waals surface area (Å²) in [5, 5.41) is 0. The minimum Gasteiger partial charge on any atom is -0.208 e. The molecule has 1 aliphatic rings. The van der Waals surface area contributed by atoms with Gasteiger partial charge in [0.2, 0.25) is 20.0 Å². The zero-order valence-corrected chi connectivity index (χ0v) is 14.8. The lowest BCUT2D eigenvalue weighted by Gasteiger charge is -2.09. The van der Waals surface area contributed by atoms with Crippen LogP contribution >= 0.6 is 0 Å². The van der Waals surface area contributed by atoms with Gasteiger partial charge >= 0.3 is 0 Å². The number of nitrogens with one attached hydrogen (secondary N) is 2. The highest BCUT2D eigenvalue weighted by molar-refractivity contribution is 7.90. The molecule has 0 bridgehead atoms. The van der Waals surface area contributed by atoms with Crippen LogP contribution in [0, 0.1) is 5.82 Å². The van der Waals surface area contributed by atoms with E-state index in [-0.39, 0.29) is 22.4 Å². The van der Waals surface area contributed by atoms with Gasteiger partial charge in [-0.25, -0.2) is 30.7 Å². The van der Waals surface area contributed by atoms with E-state index in [1.165, 1.54) is 48.5 Å². The average Bonchev–Trinajstić information content (AvgIpc) is 3.38. The Balaban J connectivity index is 1.70. The Hall–Kier alpha value is -1.81. The standard InChI is InChI=1S/C16H17FN2O4S2/c17-13-3-1-12(2-4-13)11-18-24(20,21)15-7-9-16(10-8-15)25(22,23)19-14-5-6-14/h1-4,7-10,14,18-19H,5-6,11H2. The SMILES string of the molecule is O=S(=O)(NCc1ccc(F)cc1)c1ccc(S(=O)(=O)NC2CC2)cc1. The van der Waals surface area contributed by atoms with Gasteiger partial charge in [0.1, 0.15) is 5.82 Å². The third-order valence-corrected chi connectivity index (χ3v) is 6.68. The lowest BCUT2D eigenvalue weighted by molar-refractivity contribution is 0.577. The van der Waals surface area contributed by atoms with Gasteiger partial charge < -0.3 is 0 Å². The highest BCUT2D eigenvalue weighted by Crippen LogP contribution is 2.22. The molecular weight excluding hydrogens is 367 g/mol. The van der Waals surface area contributed by atoms with Crippen LogP contribution in [0.1, 0.15) is 18.4 Å². The fraction of sp³-hybridized carbons (Fsp3) is 0.250. The first kappa shape index (κ1) is 18.0. The van der Waals surface area contributed by atoms with E-state index in [1.807, 2.05) is 0 Å². The number of hydrogen-bond acceptors (Lipinski definition) is 4. The third kappa shape index (κ3) is 4.63. The monoisotopic (exact) mass is 384 g/mol. The van der Waals surface area contributed by atoms with Crippen molar-refractivity contribution in [3.63, 3.8) is 0 Å². The molecule has 2 N–H and O–H groups in total. The second kappa shape index (κ2) is 6.83. The summed E-state index contributed by atoms with van der Waals surface area (Å²) in [5.74, 6) is -0.400. The Labute approximate surface area is 146 Å². The van der Waals surface area contributed by atoms with E-state index in [2.05, 4.69) is 9.44 Å². The van der Waals surface area contributed by atoms with Gasteiger partial charge in [0.15, 0.2) is 0 Å². The summed E-state index contributed by atoms with van der Waals surface area (Å²) in [6.07, 6.45) is 1.64. The minimum atomic E-state index is -3.80. The van der Waals surface area contributed by atoms with Crippen molar-refractivity contribution in [2.24, 2.45) is 0 Å². The number of hydrogen-bond donors (Lipinski definition) is 2. The Morgan fingerprint density at radius 3 is 1.88 bits per heavy atom. The average molecular weight is 384 g/mol. The zero-order valence-electron chi connectivity index (χ0n) is 13.1. The largest absolute Gasteiger partial charge is 0.240 e. The van der Waals surface area contributed by atoms with E-state index in [9.17, 15) is 21.2 Å². The molecular formula is C16H17FN2O4S2. The molecule has 0 radical (unpaired) electrons. The first-order chi connectivity index (χ1) is 11.8. The maximum absolute atomic E-state index is 12.9. The van der Waals surface area contributed by atoms with Crippen molar-refractivity contribution in [3.05, 3.63) is 59.9 Å². The molecule has 0 spiro atoms. The van der Waals surface area contributed by atoms with E-state index in [0.717, 1.165) is 12.8 Å². The van der Waals surface area contributed by atoms with Crippen LogP contribution in [0.25, 0.3) is 0 Å². The number of benzene rings is 2. The molecule has 25 heavy (non-hydrogen) atoms. The summed E-state index contributed by atoms with van der Waals surface area (Å²) < 4.78 is 66.5. The van der Waals surface area contributed by atoms with Crippen molar-refractivity contribution in [1.29, 1.82) is 0 Å². The van der Waals surface area contributed by atoms with Gasteiger partial charge in [-0.15, -0.1) is 0 Å². The number of rotatable bonds is 7. The van der Waals surface area contributed by atoms with Crippen molar-refractivity contribution in [2.75, 3.05) is 0 Å². The molecule has 0 amide bonds. The van der Waals surface area contributed by atoms with Crippen LogP contribution in [0.2, 0.25) is 0 Å². The lowest BCUT2D eigenvalue weighted by Crippen LogP contribution is -2.26. The Morgan fingerprint density at radius 2 is 1.36 bits per heavy atom. The van der Waals surface area contributed by atoms with Gasteiger partial charge in [0.05, 0.1) is 9.79 Å². The molecule has 0 heterocycles. The predicted molar refractivity (Wildman–Crippen MR) is 90.2 cm³/mol. The van der Waals surface area contributed by atoms with Crippen LogP contribution in [0.15, 0.2) is 58.3 Å². The molecule has 0 aliphatic heterocycles. The van der Waals surface area contributed by atoms with Crippen molar-refractivity contribution < 1.29 is 21.2 Å². The number of halogens is 1. The smallest absolute Gasteiger partial charge is 0.208 e. The summed E-state index contributed by atoms with van der Waals surface area (Å²) in [6.45, 7) is 0.00585. The number of sulfonamides is 2. The molecule has 0 unspecified atom stereocenters. The van der Waals surface area contributed by atoms with Gasteiger partial charge in [-0.3, -0.25) is 0 Å². The van der Waals surface area contributed by atoms with Gasteiger partial charge in [-0.2, -0.15) is 0 Å². The second-order valence-corrected chi connectivity index (χ2v) is 9.30. The van der Waals surface area contributed by atoms with E-state index < -0.39 is 25.9 Å². The minimum absolute atomic E-state index is 0.00585. The van der Waals surface area contributed by atoms with Crippen molar-refractivity contribution in [3.8, 4) is 0 Å². The molecule has 6 nitrogen and oxygen atoms in total. The van der Waals surface area contributed by atoms with Gasteiger partial charge in [0.25, 0.3) is 0 Å². The third-order valence-electron chi connectivity index (χ3n) is 3.72. The highest BCUT2D eigenvalue weighted by atomic mass is 32.2. The molecule has 0 aromatic heterocycles. The molecule has 1 fully saturated rings. The maximum atomic E-state index is 12.9. The maximum Gasteiger partial charge on any atom is 0.240 e. The van der Waals surface area contributed by atoms with Crippen molar-refractivity contribution in [1.82, 2.24) is 9.44 Å². The molecule has 0 saturated heterocycles. The summed E-state index contributed by atoms with van der Waals surface area (Å²) >= 11 is 0. The van der Waals surface area contributed by atoms with Crippen LogP contribution in [0.4, 0.5) is 4.39 Å². The summed E-state index contributed by atoms with van der Waals surface area (Å²) in [6, 6.07) is 10.4. The summed E-state index contributed by atoms with van der Waals surface area (Å²) in [5.41, 5.74) is 0.609. The van der Waals surface area contributed by atoms with E-state index in [1.54, 1.807) is 0 Å². The molecule has 2 aromatic rings. The topological polar surface area (TPSA) is 92.3 Å². The van der Waals surface area contributed by atoms with Crippen molar-refractivity contribution in [2.45, 2.75) is 35.2 Å². The van der Waals surface area contributed by atoms with Gasteiger partial charge in [0, 0.05) is 12.6 Å². The quantitative estimate of drug-likeness (QED) is 0.761. The fourth-order valence-electron chi connectivity index (χ4n) is 2.15. The second-order valence-electron chi connectivity index (χ2n) is 5.82. The molecule has 9 heteroatoms. The van der Waals surface area contributed by atoms with E-state index in [0.29, 0.717) is 5.56 Å². The first-order valence-electron chi connectivity index (χ1n) is 7.63. The fourth-order valence-corrected chi connectivity index (χ4v) is 4.47. The Kier molecular flexibility index (Phi) is 4.92. The normalized spacial score (nSPS) is 15.2. The molecule has 3 rings (SSSR count). The van der Waals surface area contributed by atoms with E-state index >= 15 is 0 Å². The van der Waals surface area contributed by atoms with Crippen LogP contribution in [-0.2, 0) is 26.6 Å². The van der Waals surface area contributed by atoms with Crippen LogP contribution < -0.4 is 9.44 Å².